The highest BCUT2D eigenvalue weighted by Crippen LogP contribution is 2.43. The minimum absolute atomic E-state index is 0.0544. The average Bonchev–Trinajstić information content (AvgIpc) is 2.55. The molecule has 22 heavy (non-hydrogen) atoms. The van der Waals surface area contributed by atoms with Crippen LogP contribution in [0.1, 0.15) is 31.2 Å². The van der Waals surface area contributed by atoms with Crippen LogP contribution in [0, 0.1) is 5.92 Å². The number of hydrogen-bond acceptors (Lipinski definition) is 3. The standard InChI is InChI=1S/C14H18O3.C3H7NO/c15-10-12-8-4-5-9-14(12,13(16)17)11-6-2-1-3-7-11;1-4(2)3-5/h1-3,6-7,12,15H,4-5,8-10H2,(H,16,17);3H,1-2H3. The zero-order valence-electron chi connectivity index (χ0n) is 13.2. The molecule has 0 heterocycles. The van der Waals surface area contributed by atoms with Crippen LogP contribution in [0.4, 0.5) is 0 Å². The molecule has 2 unspecified atom stereocenters. The Morgan fingerprint density at radius 3 is 2.36 bits per heavy atom. The van der Waals surface area contributed by atoms with Crippen LogP contribution in [-0.2, 0) is 15.0 Å². The summed E-state index contributed by atoms with van der Waals surface area (Å²) < 4.78 is 0. The third-order valence-corrected chi connectivity index (χ3v) is 4.17. The number of benzene rings is 1. The summed E-state index contributed by atoms with van der Waals surface area (Å²) in [6.07, 6.45) is 4.08. The van der Waals surface area contributed by atoms with E-state index in [9.17, 15) is 19.8 Å². The molecule has 2 rings (SSSR count). The summed E-state index contributed by atoms with van der Waals surface area (Å²) in [6, 6.07) is 9.34. The lowest BCUT2D eigenvalue weighted by Crippen LogP contribution is -2.46. The molecule has 122 valence electrons. The normalized spacial score (nSPS) is 23.9. The lowest BCUT2D eigenvalue weighted by Gasteiger charge is -2.40. The molecule has 0 radical (unpaired) electrons. The van der Waals surface area contributed by atoms with Gasteiger partial charge in [-0.25, -0.2) is 0 Å². The largest absolute Gasteiger partial charge is 0.481 e. The number of carbonyl (C=O) groups excluding carboxylic acids is 1. The molecule has 5 heteroatoms. The summed E-state index contributed by atoms with van der Waals surface area (Å²) in [4.78, 5) is 22.6. The van der Waals surface area contributed by atoms with Crippen molar-refractivity contribution >= 4 is 12.4 Å². The summed E-state index contributed by atoms with van der Waals surface area (Å²) in [7, 11) is 3.38. The quantitative estimate of drug-likeness (QED) is 0.833. The van der Waals surface area contributed by atoms with Gasteiger partial charge in [0, 0.05) is 26.6 Å². The van der Waals surface area contributed by atoms with E-state index in [4.69, 9.17) is 0 Å². The van der Waals surface area contributed by atoms with Gasteiger partial charge in [-0.3, -0.25) is 9.59 Å². The molecule has 2 N–H and O–H groups in total. The van der Waals surface area contributed by atoms with Crippen molar-refractivity contribution in [3.63, 3.8) is 0 Å². The number of carboxylic acid groups (broad SMARTS) is 1. The van der Waals surface area contributed by atoms with Gasteiger partial charge in [0.05, 0.1) is 5.41 Å². The van der Waals surface area contributed by atoms with Gasteiger partial charge in [0.2, 0.25) is 6.41 Å². The molecule has 5 nitrogen and oxygen atoms in total. The van der Waals surface area contributed by atoms with Gasteiger partial charge in [-0.05, 0) is 18.4 Å². The fraction of sp³-hybridized carbons (Fsp3) is 0.529. The molecule has 0 spiro atoms. The first-order valence-electron chi connectivity index (χ1n) is 7.50. The summed E-state index contributed by atoms with van der Waals surface area (Å²) in [5.74, 6) is -0.974. The van der Waals surface area contributed by atoms with E-state index in [1.807, 2.05) is 30.3 Å². The third kappa shape index (κ3) is 4.07. The van der Waals surface area contributed by atoms with Crippen LogP contribution in [0.2, 0.25) is 0 Å². The lowest BCUT2D eigenvalue weighted by atomic mass is 9.63. The number of carboxylic acids is 1. The van der Waals surface area contributed by atoms with Gasteiger partial charge in [-0.2, -0.15) is 0 Å². The number of aliphatic carboxylic acids is 1. The molecule has 1 amide bonds. The second kappa shape index (κ2) is 8.54. The van der Waals surface area contributed by atoms with Crippen LogP contribution in [0.3, 0.4) is 0 Å². The van der Waals surface area contributed by atoms with Crippen molar-refractivity contribution < 1.29 is 19.8 Å². The molecule has 1 fully saturated rings. The number of aliphatic hydroxyl groups excluding tert-OH is 1. The average molecular weight is 307 g/mol. The number of amides is 1. The molecule has 1 saturated carbocycles. The molecule has 1 aromatic rings. The predicted octanol–water partition coefficient (Wildman–Crippen LogP) is 1.90. The third-order valence-electron chi connectivity index (χ3n) is 4.17. The van der Waals surface area contributed by atoms with E-state index in [1.165, 1.54) is 4.90 Å². The first-order chi connectivity index (χ1) is 10.5. The molecule has 0 saturated heterocycles. The van der Waals surface area contributed by atoms with E-state index >= 15 is 0 Å². The molecular weight excluding hydrogens is 282 g/mol. The smallest absolute Gasteiger partial charge is 0.314 e. The van der Waals surface area contributed by atoms with Crippen molar-refractivity contribution in [1.29, 1.82) is 0 Å². The number of aliphatic hydroxyl groups is 1. The molecule has 0 bridgehead atoms. The maximum absolute atomic E-state index is 11.7. The highest BCUT2D eigenvalue weighted by atomic mass is 16.4. The zero-order chi connectivity index (χ0) is 16.6. The number of carbonyl (C=O) groups is 2. The first-order valence-corrected chi connectivity index (χ1v) is 7.50. The zero-order valence-corrected chi connectivity index (χ0v) is 13.2. The number of hydrogen-bond donors (Lipinski definition) is 2. The van der Waals surface area contributed by atoms with Crippen molar-refractivity contribution in [2.75, 3.05) is 20.7 Å². The van der Waals surface area contributed by atoms with E-state index in [-0.39, 0.29) is 12.5 Å². The van der Waals surface area contributed by atoms with Crippen LogP contribution in [0.5, 0.6) is 0 Å². The second-order valence-corrected chi connectivity index (χ2v) is 5.84. The highest BCUT2D eigenvalue weighted by molar-refractivity contribution is 5.82. The van der Waals surface area contributed by atoms with Gasteiger partial charge >= 0.3 is 5.97 Å². The Morgan fingerprint density at radius 2 is 1.91 bits per heavy atom. The van der Waals surface area contributed by atoms with Gasteiger partial charge in [-0.1, -0.05) is 43.2 Å². The van der Waals surface area contributed by atoms with E-state index in [0.29, 0.717) is 6.42 Å². The maximum atomic E-state index is 11.7. The number of rotatable bonds is 4. The van der Waals surface area contributed by atoms with Gasteiger partial charge < -0.3 is 15.1 Å². The second-order valence-electron chi connectivity index (χ2n) is 5.84. The Kier molecular flexibility index (Phi) is 7.05. The Bertz CT molecular complexity index is 475. The molecule has 0 aliphatic heterocycles. The summed E-state index contributed by atoms with van der Waals surface area (Å²) in [5, 5.41) is 19.1. The van der Waals surface area contributed by atoms with E-state index in [0.717, 1.165) is 31.2 Å². The Hall–Kier alpha value is -1.88. The monoisotopic (exact) mass is 307 g/mol. The van der Waals surface area contributed by atoms with Crippen molar-refractivity contribution in [1.82, 2.24) is 4.90 Å². The maximum Gasteiger partial charge on any atom is 0.314 e. The lowest BCUT2D eigenvalue weighted by molar-refractivity contribution is -0.149. The molecule has 1 aliphatic carbocycles. The first kappa shape index (κ1) is 18.2. The van der Waals surface area contributed by atoms with Crippen molar-refractivity contribution in [2.45, 2.75) is 31.1 Å². The molecule has 1 aromatic carbocycles. The van der Waals surface area contributed by atoms with Crippen molar-refractivity contribution in [3.8, 4) is 0 Å². The molecular formula is C17H25NO4. The van der Waals surface area contributed by atoms with Gasteiger partial charge in [0.15, 0.2) is 0 Å². The van der Waals surface area contributed by atoms with Crippen LogP contribution in [-0.4, -0.2) is 48.2 Å². The van der Waals surface area contributed by atoms with Crippen LogP contribution in [0.15, 0.2) is 30.3 Å². The SMILES string of the molecule is CN(C)C=O.O=C(O)C1(c2ccccc2)CCCCC1CO. The molecule has 1 aliphatic rings. The fourth-order valence-electron chi connectivity index (χ4n) is 3.01. The molecule has 0 aromatic heterocycles. The Labute approximate surface area is 131 Å². The van der Waals surface area contributed by atoms with E-state index in [1.54, 1.807) is 14.1 Å². The fourth-order valence-corrected chi connectivity index (χ4v) is 3.01. The summed E-state index contributed by atoms with van der Waals surface area (Å²) in [5.41, 5.74) is -0.0694. The van der Waals surface area contributed by atoms with E-state index in [2.05, 4.69) is 0 Å². The summed E-state index contributed by atoms with van der Waals surface area (Å²) >= 11 is 0. The molecule has 2 atom stereocenters. The number of nitrogens with zero attached hydrogens (tertiary/aromatic N) is 1. The van der Waals surface area contributed by atoms with Crippen LogP contribution < -0.4 is 0 Å². The van der Waals surface area contributed by atoms with Crippen molar-refractivity contribution in [3.05, 3.63) is 35.9 Å². The van der Waals surface area contributed by atoms with Gasteiger partial charge in [0.1, 0.15) is 0 Å². The van der Waals surface area contributed by atoms with Gasteiger partial charge in [-0.15, -0.1) is 0 Å². The van der Waals surface area contributed by atoms with Crippen molar-refractivity contribution in [2.24, 2.45) is 5.92 Å². The predicted molar refractivity (Wildman–Crippen MR) is 84.6 cm³/mol. The Morgan fingerprint density at radius 1 is 1.32 bits per heavy atom. The van der Waals surface area contributed by atoms with Crippen LogP contribution >= 0.6 is 0 Å². The topological polar surface area (TPSA) is 77.8 Å². The van der Waals surface area contributed by atoms with E-state index < -0.39 is 11.4 Å². The highest BCUT2D eigenvalue weighted by Gasteiger charge is 2.48. The Balaban J connectivity index is 0.000000422. The van der Waals surface area contributed by atoms with Gasteiger partial charge in [0.25, 0.3) is 0 Å². The minimum atomic E-state index is -0.895. The van der Waals surface area contributed by atoms with Crippen LogP contribution in [0.25, 0.3) is 0 Å². The minimum Gasteiger partial charge on any atom is -0.481 e. The summed E-state index contributed by atoms with van der Waals surface area (Å²) in [6.45, 7) is -0.0544.